The molecule has 0 atom stereocenters. The molecule has 0 fully saturated rings. The highest BCUT2D eigenvalue weighted by atomic mass is 15.1. The number of rotatable bonds is 2. The van der Waals surface area contributed by atoms with Crippen LogP contribution in [0.25, 0.3) is 0 Å². The molecule has 0 radical (unpaired) electrons. The van der Waals surface area contributed by atoms with Crippen LogP contribution in [0.15, 0.2) is 0 Å². The highest BCUT2D eigenvalue weighted by Crippen LogP contribution is 1.76. The molecule has 0 aromatic rings. The summed E-state index contributed by atoms with van der Waals surface area (Å²) >= 11 is 0. The van der Waals surface area contributed by atoms with E-state index in [4.69, 9.17) is 0 Å². The van der Waals surface area contributed by atoms with Crippen LogP contribution in [-0.2, 0) is 0 Å². The third-order valence-electron chi connectivity index (χ3n) is 0.894. The van der Waals surface area contributed by atoms with E-state index in [1.54, 1.807) is 0 Å². The van der Waals surface area contributed by atoms with Gasteiger partial charge >= 0.3 is 0 Å². The van der Waals surface area contributed by atoms with E-state index in [0.717, 1.165) is 13.1 Å². The zero-order valence-corrected chi connectivity index (χ0v) is 4.57. The molecular weight excluding hydrogens is 74.1 g/mol. The second-order valence-corrected chi connectivity index (χ2v) is 1.30. The second kappa shape index (κ2) is 3.16. The molecule has 0 saturated carbocycles. The minimum Gasteiger partial charge on any atom is -0.460 e. The molecule has 0 aromatic carbocycles. The topological polar surface area (TPSA) is 3.24 Å². The molecule has 0 aliphatic heterocycles. The maximum Gasteiger partial charge on any atom is -0.0333 e. The summed E-state index contributed by atoms with van der Waals surface area (Å²) in [4.78, 5) is 2.00. The smallest absolute Gasteiger partial charge is 0.0333 e. The predicted molar refractivity (Wildman–Crippen MR) is 28.3 cm³/mol. The van der Waals surface area contributed by atoms with E-state index in [-0.39, 0.29) is 0 Å². The van der Waals surface area contributed by atoms with Crippen LogP contribution in [-0.4, -0.2) is 18.0 Å². The van der Waals surface area contributed by atoms with Crippen molar-refractivity contribution in [1.82, 2.24) is 4.90 Å². The van der Waals surface area contributed by atoms with Crippen LogP contribution in [0.1, 0.15) is 13.8 Å². The van der Waals surface area contributed by atoms with Crippen molar-refractivity contribution in [3.05, 3.63) is 7.05 Å². The van der Waals surface area contributed by atoms with Gasteiger partial charge in [0.1, 0.15) is 0 Å². The van der Waals surface area contributed by atoms with Crippen molar-refractivity contribution < 1.29 is 0 Å². The summed E-state index contributed by atoms with van der Waals surface area (Å²) in [6, 6.07) is 0. The molecule has 0 aromatic heterocycles. The predicted octanol–water partition coefficient (Wildman–Crippen LogP) is 1.12. The summed E-state index contributed by atoms with van der Waals surface area (Å²) in [5.74, 6) is 0. The van der Waals surface area contributed by atoms with Crippen molar-refractivity contribution in [3.63, 3.8) is 0 Å². The monoisotopic (exact) mass is 86.1 g/mol. The van der Waals surface area contributed by atoms with Crippen molar-refractivity contribution in [1.29, 1.82) is 0 Å². The van der Waals surface area contributed by atoms with Gasteiger partial charge in [-0.15, -0.1) is 0 Å². The first kappa shape index (κ1) is 5.96. The highest BCUT2D eigenvalue weighted by Gasteiger charge is 1.72. The van der Waals surface area contributed by atoms with E-state index in [1.165, 1.54) is 0 Å². The Morgan fingerprint density at radius 3 is 1.67 bits per heavy atom. The zero-order valence-electron chi connectivity index (χ0n) is 4.57. The molecule has 38 valence electrons. The maximum absolute atomic E-state index is 3.71. The third-order valence-corrected chi connectivity index (χ3v) is 0.894. The Morgan fingerprint density at radius 2 is 1.67 bits per heavy atom. The van der Waals surface area contributed by atoms with Crippen LogP contribution < -0.4 is 0 Å². The Bertz CT molecular complexity index is 23.1. The van der Waals surface area contributed by atoms with Gasteiger partial charge in [0.25, 0.3) is 0 Å². The van der Waals surface area contributed by atoms with Crippen LogP contribution >= 0.6 is 0 Å². The minimum atomic E-state index is 1.05. The van der Waals surface area contributed by atoms with Crippen molar-refractivity contribution in [2.75, 3.05) is 13.1 Å². The van der Waals surface area contributed by atoms with Gasteiger partial charge in [0, 0.05) is 0 Å². The first-order valence-electron chi connectivity index (χ1n) is 2.36. The van der Waals surface area contributed by atoms with Crippen molar-refractivity contribution in [3.8, 4) is 0 Å². The first-order valence-corrected chi connectivity index (χ1v) is 2.36. The summed E-state index contributed by atoms with van der Waals surface area (Å²) in [7, 11) is 3.71. The summed E-state index contributed by atoms with van der Waals surface area (Å²) in [5, 5.41) is 0. The fourth-order valence-corrected chi connectivity index (χ4v) is 0.224. The van der Waals surface area contributed by atoms with E-state index in [2.05, 4.69) is 20.9 Å². The average molecular weight is 86.2 g/mol. The molecule has 0 aliphatic rings. The van der Waals surface area contributed by atoms with E-state index in [0.29, 0.717) is 0 Å². The first-order chi connectivity index (χ1) is 2.81. The minimum absolute atomic E-state index is 1.05. The van der Waals surface area contributed by atoms with Crippen molar-refractivity contribution in [2.45, 2.75) is 13.8 Å². The highest BCUT2D eigenvalue weighted by molar-refractivity contribution is 4.43. The van der Waals surface area contributed by atoms with Crippen LogP contribution in [0, 0.1) is 7.05 Å². The van der Waals surface area contributed by atoms with E-state index < -0.39 is 0 Å². The number of hydrogen-bond donors (Lipinski definition) is 0. The van der Waals surface area contributed by atoms with Gasteiger partial charge < -0.3 is 4.90 Å². The Labute approximate surface area is 40.0 Å². The molecule has 1 nitrogen and oxygen atoms in total. The molecule has 0 amide bonds. The molecule has 0 spiro atoms. The van der Waals surface area contributed by atoms with E-state index >= 15 is 0 Å². The molecular formula is C5H12N-. The number of hydrogen-bond acceptors (Lipinski definition) is 1. The van der Waals surface area contributed by atoms with Gasteiger partial charge in [-0.2, -0.15) is 0 Å². The molecule has 0 aliphatic carbocycles. The van der Waals surface area contributed by atoms with Crippen LogP contribution in [0.5, 0.6) is 0 Å². The molecule has 0 rings (SSSR count). The largest absolute Gasteiger partial charge is 0.460 e. The van der Waals surface area contributed by atoms with Gasteiger partial charge in [-0.1, -0.05) is 13.8 Å². The summed E-state index contributed by atoms with van der Waals surface area (Å²) < 4.78 is 0. The van der Waals surface area contributed by atoms with Crippen molar-refractivity contribution >= 4 is 0 Å². The SMILES string of the molecule is [CH2-]N(CC)CC. The molecule has 0 unspecified atom stereocenters. The molecule has 0 bridgehead atoms. The summed E-state index contributed by atoms with van der Waals surface area (Å²) in [5.41, 5.74) is 0. The molecule has 1 heteroatoms. The summed E-state index contributed by atoms with van der Waals surface area (Å²) in [6.07, 6.45) is 0. The maximum atomic E-state index is 3.71. The second-order valence-electron chi connectivity index (χ2n) is 1.30. The Hall–Kier alpha value is -0.0400. The Morgan fingerprint density at radius 1 is 1.33 bits per heavy atom. The van der Waals surface area contributed by atoms with Gasteiger partial charge in [-0.25, -0.2) is 0 Å². The lowest BCUT2D eigenvalue weighted by Crippen LogP contribution is -2.12. The van der Waals surface area contributed by atoms with Crippen LogP contribution in [0.4, 0.5) is 0 Å². The fourth-order valence-electron chi connectivity index (χ4n) is 0.224. The zero-order chi connectivity index (χ0) is 4.99. The lowest BCUT2D eigenvalue weighted by Gasteiger charge is -2.18. The lowest BCUT2D eigenvalue weighted by molar-refractivity contribution is 0.413. The molecule has 0 heterocycles. The Balaban J connectivity index is 2.75. The molecule has 0 saturated heterocycles. The van der Waals surface area contributed by atoms with Crippen molar-refractivity contribution in [2.24, 2.45) is 0 Å². The third kappa shape index (κ3) is 2.21. The van der Waals surface area contributed by atoms with Gasteiger partial charge in [0.05, 0.1) is 0 Å². The normalized spacial score (nSPS) is 10.0. The van der Waals surface area contributed by atoms with Gasteiger partial charge in [-0.05, 0) is 13.1 Å². The molecule has 6 heavy (non-hydrogen) atoms. The van der Waals surface area contributed by atoms with Crippen LogP contribution in [0.3, 0.4) is 0 Å². The van der Waals surface area contributed by atoms with Gasteiger partial charge in [0.15, 0.2) is 0 Å². The molecule has 0 N–H and O–H groups in total. The Kier molecular flexibility index (Phi) is 3.14. The van der Waals surface area contributed by atoms with Gasteiger partial charge in [-0.3, -0.25) is 7.05 Å². The number of nitrogens with zero attached hydrogens (tertiary/aromatic N) is 1. The van der Waals surface area contributed by atoms with Crippen LogP contribution in [0.2, 0.25) is 0 Å². The summed E-state index contributed by atoms with van der Waals surface area (Å²) in [6.45, 7) is 6.29. The lowest BCUT2D eigenvalue weighted by atomic mass is 10.6. The van der Waals surface area contributed by atoms with E-state index in [9.17, 15) is 0 Å². The standard InChI is InChI=1S/C5H12N/c1-4-6(3)5-2/h3-5H2,1-2H3/q-1. The van der Waals surface area contributed by atoms with Gasteiger partial charge in [0.2, 0.25) is 0 Å². The van der Waals surface area contributed by atoms with E-state index in [1.807, 2.05) is 4.90 Å². The quantitative estimate of drug-likeness (QED) is 0.455. The average Bonchev–Trinajstić information content (AvgIpc) is 1.65. The fraction of sp³-hybridized carbons (Fsp3) is 0.800.